The highest BCUT2D eigenvalue weighted by molar-refractivity contribution is 5.97. The van der Waals surface area contributed by atoms with Gasteiger partial charge in [0.05, 0.1) is 17.5 Å². The number of anilines is 1. The zero-order valence-corrected chi connectivity index (χ0v) is 18.3. The molecule has 174 valence electrons. The SMILES string of the molecule is C=Nc1ncnc(O)c1/C(=C\C)c1ccc2c(c1)CCN2C(=O)Cc1cccc(C(F)(F)F)c1. The monoisotopic (exact) mass is 466 g/mol. The van der Waals surface area contributed by atoms with Crippen LogP contribution in [-0.2, 0) is 23.8 Å². The van der Waals surface area contributed by atoms with Crippen LogP contribution >= 0.6 is 0 Å². The lowest BCUT2D eigenvalue weighted by molar-refractivity contribution is -0.137. The summed E-state index contributed by atoms with van der Waals surface area (Å²) in [6, 6.07) is 10.4. The van der Waals surface area contributed by atoms with Crippen molar-refractivity contribution in [2.24, 2.45) is 4.99 Å². The Balaban J connectivity index is 1.60. The van der Waals surface area contributed by atoms with Crippen molar-refractivity contribution in [1.29, 1.82) is 0 Å². The summed E-state index contributed by atoms with van der Waals surface area (Å²) < 4.78 is 39.0. The van der Waals surface area contributed by atoms with E-state index < -0.39 is 11.7 Å². The summed E-state index contributed by atoms with van der Waals surface area (Å²) in [5.41, 5.74) is 2.97. The second-order valence-corrected chi connectivity index (χ2v) is 7.77. The fraction of sp³-hybridized carbons (Fsp3) is 0.200. The molecule has 6 nitrogen and oxygen atoms in total. The molecule has 9 heteroatoms. The molecule has 0 radical (unpaired) electrons. The van der Waals surface area contributed by atoms with Crippen LogP contribution in [0.15, 0.2) is 59.9 Å². The summed E-state index contributed by atoms with van der Waals surface area (Å²) in [6.45, 7) is 5.74. The maximum Gasteiger partial charge on any atom is 0.416 e. The topological polar surface area (TPSA) is 78.7 Å². The van der Waals surface area contributed by atoms with E-state index in [9.17, 15) is 23.1 Å². The van der Waals surface area contributed by atoms with E-state index in [-0.39, 0.29) is 24.0 Å². The van der Waals surface area contributed by atoms with E-state index in [1.165, 1.54) is 18.5 Å². The summed E-state index contributed by atoms with van der Waals surface area (Å²) in [4.78, 5) is 26.3. The molecule has 2 heterocycles. The fourth-order valence-corrected chi connectivity index (χ4v) is 4.14. The van der Waals surface area contributed by atoms with Crippen LogP contribution in [-0.4, -0.2) is 34.2 Å². The molecule has 1 aliphatic rings. The van der Waals surface area contributed by atoms with Crippen molar-refractivity contribution >= 4 is 29.7 Å². The molecule has 0 aliphatic carbocycles. The Morgan fingerprint density at radius 3 is 2.74 bits per heavy atom. The Kier molecular flexibility index (Phi) is 6.19. The third kappa shape index (κ3) is 4.41. The number of fused-ring (bicyclic) bond motifs is 1. The summed E-state index contributed by atoms with van der Waals surface area (Å²) in [6.07, 6.45) is -0.987. The normalized spacial score (nSPS) is 13.6. The molecule has 0 saturated carbocycles. The molecule has 1 N–H and O–H groups in total. The van der Waals surface area contributed by atoms with Crippen molar-refractivity contribution < 1.29 is 23.1 Å². The van der Waals surface area contributed by atoms with Crippen molar-refractivity contribution in [2.45, 2.75) is 25.9 Å². The molecule has 34 heavy (non-hydrogen) atoms. The van der Waals surface area contributed by atoms with Crippen molar-refractivity contribution in [3.63, 3.8) is 0 Å². The van der Waals surface area contributed by atoms with E-state index in [4.69, 9.17) is 0 Å². The minimum absolute atomic E-state index is 0.130. The van der Waals surface area contributed by atoms with Gasteiger partial charge in [0.2, 0.25) is 11.8 Å². The number of benzene rings is 2. The number of rotatable bonds is 5. The summed E-state index contributed by atoms with van der Waals surface area (Å²) >= 11 is 0. The van der Waals surface area contributed by atoms with Gasteiger partial charge >= 0.3 is 6.18 Å². The highest BCUT2D eigenvalue weighted by atomic mass is 19.4. The lowest BCUT2D eigenvalue weighted by Crippen LogP contribution is -2.30. The summed E-state index contributed by atoms with van der Waals surface area (Å²) in [5, 5.41) is 10.3. The number of allylic oxidation sites excluding steroid dienone is 1. The second kappa shape index (κ2) is 9.09. The first-order valence-electron chi connectivity index (χ1n) is 10.5. The minimum Gasteiger partial charge on any atom is -0.493 e. The molecule has 0 atom stereocenters. The van der Waals surface area contributed by atoms with Gasteiger partial charge in [0.1, 0.15) is 6.33 Å². The number of aromatic hydroxyl groups is 1. The zero-order valence-electron chi connectivity index (χ0n) is 18.3. The zero-order chi connectivity index (χ0) is 24.5. The number of alkyl halides is 3. The number of aliphatic imine (C=N–C) groups is 1. The van der Waals surface area contributed by atoms with Gasteiger partial charge in [-0.25, -0.2) is 15.0 Å². The molecule has 0 unspecified atom stereocenters. The standard InChI is InChI=1S/C25H21F3N4O2/c1-3-19(22-23(29-2)30-14-31-24(22)34)16-7-8-20-17(13-16)9-10-32(20)21(33)12-15-5-4-6-18(11-15)25(26,27)28/h3-8,11,13-14H,2,9-10,12H2,1H3,(H,30,31,34)/b19-3-. The van der Waals surface area contributed by atoms with Gasteiger partial charge in [-0.2, -0.15) is 13.2 Å². The highest BCUT2D eigenvalue weighted by Gasteiger charge is 2.31. The molecule has 1 aliphatic heterocycles. The lowest BCUT2D eigenvalue weighted by atomic mass is 9.96. The lowest BCUT2D eigenvalue weighted by Gasteiger charge is -2.19. The van der Waals surface area contributed by atoms with E-state index in [2.05, 4.69) is 21.7 Å². The number of carbonyl (C=O) groups is 1. The van der Waals surface area contributed by atoms with Crippen LogP contribution in [0.2, 0.25) is 0 Å². The molecule has 3 aromatic rings. The molecule has 0 spiro atoms. The Bertz CT molecular complexity index is 1300. The van der Waals surface area contributed by atoms with Gasteiger partial charge in [-0.15, -0.1) is 0 Å². The van der Waals surface area contributed by atoms with Gasteiger partial charge in [0.15, 0.2) is 5.82 Å². The first-order chi connectivity index (χ1) is 16.2. The molecule has 2 aromatic carbocycles. The number of hydrogen-bond donors (Lipinski definition) is 1. The Labute approximate surface area is 194 Å². The van der Waals surface area contributed by atoms with Crippen LogP contribution < -0.4 is 4.90 Å². The average molecular weight is 466 g/mol. The van der Waals surface area contributed by atoms with Crippen molar-refractivity contribution in [2.75, 3.05) is 11.4 Å². The third-order valence-electron chi connectivity index (χ3n) is 5.71. The van der Waals surface area contributed by atoms with E-state index >= 15 is 0 Å². The van der Waals surface area contributed by atoms with Gasteiger partial charge in [-0.3, -0.25) is 4.79 Å². The average Bonchev–Trinajstić information content (AvgIpc) is 3.24. The van der Waals surface area contributed by atoms with E-state index in [0.29, 0.717) is 35.4 Å². The van der Waals surface area contributed by atoms with Crippen LogP contribution in [0.5, 0.6) is 5.88 Å². The predicted molar refractivity (Wildman–Crippen MR) is 123 cm³/mol. The molecule has 0 fully saturated rings. The third-order valence-corrected chi connectivity index (χ3v) is 5.71. The van der Waals surface area contributed by atoms with Gasteiger partial charge < -0.3 is 10.0 Å². The first-order valence-corrected chi connectivity index (χ1v) is 10.5. The highest BCUT2D eigenvalue weighted by Crippen LogP contribution is 2.38. The second-order valence-electron chi connectivity index (χ2n) is 7.77. The summed E-state index contributed by atoms with van der Waals surface area (Å²) in [5.74, 6) is -0.243. The van der Waals surface area contributed by atoms with Crippen LogP contribution in [0.1, 0.15) is 34.7 Å². The van der Waals surface area contributed by atoms with E-state index in [1.807, 2.05) is 19.1 Å². The van der Waals surface area contributed by atoms with Crippen LogP contribution in [0.4, 0.5) is 24.7 Å². The van der Waals surface area contributed by atoms with Crippen molar-refractivity contribution in [1.82, 2.24) is 9.97 Å². The molecule has 0 saturated heterocycles. The van der Waals surface area contributed by atoms with Crippen LogP contribution in [0.25, 0.3) is 5.57 Å². The smallest absolute Gasteiger partial charge is 0.416 e. The van der Waals surface area contributed by atoms with Gasteiger partial charge in [-0.1, -0.05) is 30.3 Å². The Morgan fingerprint density at radius 1 is 1.24 bits per heavy atom. The number of nitrogens with zero attached hydrogens (tertiary/aromatic N) is 4. The van der Waals surface area contributed by atoms with Gasteiger partial charge in [0, 0.05) is 12.2 Å². The van der Waals surface area contributed by atoms with Crippen molar-refractivity contribution in [3.8, 4) is 5.88 Å². The van der Waals surface area contributed by atoms with E-state index in [1.54, 1.807) is 17.0 Å². The maximum atomic E-state index is 13.0. The number of hydrogen-bond acceptors (Lipinski definition) is 5. The fourth-order valence-electron chi connectivity index (χ4n) is 4.14. The quantitative estimate of drug-likeness (QED) is 0.530. The largest absolute Gasteiger partial charge is 0.493 e. The van der Waals surface area contributed by atoms with E-state index in [0.717, 1.165) is 23.3 Å². The number of amides is 1. The Morgan fingerprint density at radius 2 is 2.03 bits per heavy atom. The number of aromatic nitrogens is 2. The predicted octanol–water partition coefficient (Wildman–Crippen LogP) is 5.12. The first kappa shape index (κ1) is 23.2. The van der Waals surface area contributed by atoms with Crippen molar-refractivity contribution in [3.05, 3.63) is 82.7 Å². The number of halogens is 3. The summed E-state index contributed by atoms with van der Waals surface area (Å²) in [7, 11) is 0. The molecule has 1 aromatic heterocycles. The minimum atomic E-state index is -4.46. The Hall–Kier alpha value is -4.01. The van der Waals surface area contributed by atoms with Gasteiger partial charge in [-0.05, 0) is 60.5 Å². The van der Waals surface area contributed by atoms with Gasteiger partial charge in [0.25, 0.3) is 0 Å². The van der Waals surface area contributed by atoms with Crippen LogP contribution in [0.3, 0.4) is 0 Å². The molecular formula is C25H21F3N4O2. The van der Waals surface area contributed by atoms with Crippen LogP contribution in [0, 0.1) is 0 Å². The molecular weight excluding hydrogens is 445 g/mol. The number of carbonyl (C=O) groups excluding carboxylic acids is 1. The molecule has 0 bridgehead atoms. The molecule has 1 amide bonds. The molecule has 4 rings (SSSR count). The maximum absolute atomic E-state index is 13.0.